The number of aromatic amines is 2. The van der Waals surface area contributed by atoms with Crippen molar-refractivity contribution >= 4 is 63.4 Å². The third-order valence-electron chi connectivity index (χ3n) is 11.9. The van der Waals surface area contributed by atoms with Crippen molar-refractivity contribution in [2.45, 2.75) is 6.54 Å². The van der Waals surface area contributed by atoms with Crippen LogP contribution < -0.4 is 0 Å². The van der Waals surface area contributed by atoms with Crippen molar-refractivity contribution in [3.63, 3.8) is 0 Å². The Hall–Kier alpha value is -10.2. The summed E-state index contributed by atoms with van der Waals surface area (Å²) in [5.74, 6) is 0. The first-order valence-electron chi connectivity index (χ1n) is 21.7. The number of hydrogen-bond acceptors (Lipinski definition) is 7. The van der Waals surface area contributed by atoms with Gasteiger partial charge in [-0.1, -0.05) is 148 Å². The van der Waals surface area contributed by atoms with Crippen LogP contribution in [-0.4, -0.2) is 34.9 Å². The molecular weight excluding hydrogens is 861 g/mol. The summed E-state index contributed by atoms with van der Waals surface area (Å²) in [5.41, 5.74) is 44.1. The summed E-state index contributed by atoms with van der Waals surface area (Å²) in [6.45, 7) is 0.510. The van der Waals surface area contributed by atoms with Crippen molar-refractivity contribution in [1.29, 1.82) is 0 Å². The first-order valence-corrected chi connectivity index (χ1v) is 21.7. The molecule has 0 unspecified atom stereocenters. The van der Waals surface area contributed by atoms with E-state index in [0.29, 0.717) is 96.3 Å². The highest BCUT2D eigenvalue weighted by molar-refractivity contribution is 6.02. The molecule has 326 valence electrons. The number of nitrogens with zero attached hydrogens (tertiary/aromatic N) is 14. The van der Waals surface area contributed by atoms with Crippen LogP contribution in [0.4, 0.5) is 17.1 Å². The molecule has 0 spiro atoms. The van der Waals surface area contributed by atoms with Gasteiger partial charge in [-0.25, -0.2) is 14.6 Å². The van der Waals surface area contributed by atoms with E-state index in [1.807, 2.05) is 144 Å². The number of hydrogen-bond donors (Lipinski definition) is 2. The zero-order chi connectivity index (χ0) is 46.7. The summed E-state index contributed by atoms with van der Waals surface area (Å²) >= 11 is 0. The van der Waals surface area contributed by atoms with E-state index in [9.17, 15) is 16.6 Å². The molecule has 2 aliphatic rings. The summed E-state index contributed by atoms with van der Waals surface area (Å²) in [6.07, 6.45) is 9.73. The predicted molar refractivity (Wildman–Crippen MR) is 272 cm³/mol. The molecule has 2 aliphatic heterocycles. The van der Waals surface area contributed by atoms with Gasteiger partial charge in [-0.3, -0.25) is 0 Å². The summed E-state index contributed by atoms with van der Waals surface area (Å²) in [6, 6.07) is 48.3. The first-order chi connectivity index (χ1) is 34.1. The third-order valence-corrected chi connectivity index (χ3v) is 11.9. The van der Waals surface area contributed by atoms with Crippen LogP contribution in [0.2, 0.25) is 0 Å². The van der Waals surface area contributed by atoms with Crippen LogP contribution in [-0.2, 0) is 6.54 Å². The first kappa shape index (κ1) is 41.5. The van der Waals surface area contributed by atoms with E-state index in [1.165, 1.54) is 0 Å². The quantitative estimate of drug-likeness (QED) is 0.0774. The number of aromatic nitrogens is 7. The second-order valence-corrected chi connectivity index (χ2v) is 16.0. The summed E-state index contributed by atoms with van der Waals surface area (Å²) in [5, 5.41) is 21.1. The molecule has 0 amide bonds. The van der Waals surface area contributed by atoms with Gasteiger partial charge in [0, 0.05) is 81.7 Å². The lowest BCUT2D eigenvalue weighted by molar-refractivity contribution is 0.650. The molecular formula is C53H34N16. The average Bonchev–Trinajstić information content (AvgIpc) is 4.26. The lowest BCUT2D eigenvalue weighted by Gasteiger charge is -2.10. The highest BCUT2D eigenvalue weighted by Gasteiger charge is 2.21. The van der Waals surface area contributed by atoms with Crippen molar-refractivity contribution in [3.8, 4) is 55.8 Å². The average molecular weight is 895 g/mol. The Morgan fingerprint density at radius 1 is 0.435 bits per heavy atom. The molecule has 16 nitrogen and oxygen atoms in total. The summed E-state index contributed by atoms with van der Waals surface area (Å²) in [7, 11) is 0. The van der Waals surface area contributed by atoms with E-state index in [1.54, 1.807) is 18.2 Å². The molecule has 0 aliphatic carbocycles. The van der Waals surface area contributed by atoms with Gasteiger partial charge in [0.2, 0.25) is 0 Å². The maximum atomic E-state index is 9.71. The fraction of sp³-hybridized carbons (Fsp3) is 0.0189. The standard InChI is InChI=1S/C53H34N16/c54-65-61-38-15-7-4-12-35(38)51-43-24-22-41(57-43)50(34-20-18-32(19-21-34)30-69-31-49(64-68-69)33-10-2-1-3-11-33)42-23-25-44(58-42)52(36-13-5-8-16-39(36)62-66-55)46-27-29-48(60-46)53(47-28-26-45(51)59-47)37-14-6-9-17-40(37)63-67-56/h1-29,31,57,60H,30H2. The minimum absolute atomic E-state index is 0.406. The number of rotatable bonds is 10. The van der Waals surface area contributed by atoms with E-state index in [0.717, 1.165) is 33.5 Å². The van der Waals surface area contributed by atoms with Gasteiger partial charge in [-0.05, 0) is 93.0 Å². The van der Waals surface area contributed by atoms with Gasteiger partial charge >= 0.3 is 0 Å². The Morgan fingerprint density at radius 3 is 1.29 bits per heavy atom. The topological polar surface area (TPSA) is 234 Å². The van der Waals surface area contributed by atoms with E-state index >= 15 is 0 Å². The van der Waals surface area contributed by atoms with Crippen molar-refractivity contribution in [2.75, 3.05) is 0 Å². The molecule has 11 rings (SSSR count). The van der Waals surface area contributed by atoms with Gasteiger partial charge in [0.1, 0.15) is 5.69 Å². The van der Waals surface area contributed by atoms with Crippen molar-refractivity contribution < 1.29 is 0 Å². The number of fused-ring (bicyclic) bond motifs is 8. The van der Waals surface area contributed by atoms with Gasteiger partial charge in [0.05, 0.1) is 35.5 Å². The van der Waals surface area contributed by atoms with E-state index in [-0.39, 0.29) is 0 Å². The van der Waals surface area contributed by atoms with Crippen molar-refractivity contribution in [3.05, 3.63) is 218 Å². The summed E-state index contributed by atoms with van der Waals surface area (Å²) in [4.78, 5) is 27.6. The highest BCUT2D eigenvalue weighted by Crippen LogP contribution is 2.43. The normalized spacial score (nSPS) is 11.4. The molecule has 5 aromatic carbocycles. The zero-order valence-corrected chi connectivity index (χ0v) is 36.3. The van der Waals surface area contributed by atoms with Gasteiger partial charge in [-0.2, -0.15) is 0 Å². The highest BCUT2D eigenvalue weighted by atomic mass is 15.4. The lowest BCUT2D eigenvalue weighted by atomic mass is 10.0. The largest absolute Gasteiger partial charge is 0.354 e. The predicted octanol–water partition coefficient (Wildman–Crippen LogP) is 15.5. The fourth-order valence-electron chi connectivity index (χ4n) is 8.90. The van der Waals surface area contributed by atoms with Crippen molar-refractivity contribution in [2.24, 2.45) is 15.3 Å². The Morgan fingerprint density at radius 2 is 0.841 bits per heavy atom. The van der Waals surface area contributed by atoms with E-state index < -0.39 is 0 Å². The molecule has 16 heteroatoms. The molecule has 69 heavy (non-hydrogen) atoms. The van der Waals surface area contributed by atoms with E-state index in [2.05, 4.69) is 74.6 Å². The van der Waals surface area contributed by atoms with Crippen LogP contribution >= 0.6 is 0 Å². The van der Waals surface area contributed by atoms with Crippen molar-refractivity contribution in [1.82, 2.24) is 34.9 Å². The van der Waals surface area contributed by atoms with Gasteiger partial charge < -0.3 is 9.97 Å². The second-order valence-electron chi connectivity index (χ2n) is 16.0. The monoisotopic (exact) mass is 894 g/mol. The minimum Gasteiger partial charge on any atom is -0.354 e. The second kappa shape index (κ2) is 18.0. The Labute approximate surface area is 392 Å². The van der Waals surface area contributed by atoms with Crippen LogP contribution in [0.1, 0.15) is 28.3 Å². The molecule has 0 fully saturated rings. The summed E-state index contributed by atoms with van der Waals surface area (Å²) < 4.78 is 1.82. The molecule has 0 atom stereocenters. The van der Waals surface area contributed by atoms with Gasteiger partial charge in [0.25, 0.3) is 0 Å². The number of azide groups is 3. The van der Waals surface area contributed by atoms with Crippen LogP contribution in [0.5, 0.6) is 0 Å². The number of benzene rings is 5. The molecule has 0 saturated heterocycles. The molecule has 0 radical (unpaired) electrons. The molecule has 8 bridgehead atoms. The molecule has 9 aromatic rings. The molecule has 0 saturated carbocycles. The van der Waals surface area contributed by atoms with Gasteiger partial charge in [0.15, 0.2) is 0 Å². The fourth-order valence-corrected chi connectivity index (χ4v) is 8.90. The lowest BCUT2D eigenvalue weighted by Crippen LogP contribution is -2.00. The molecule has 6 heterocycles. The van der Waals surface area contributed by atoms with Gasteiger partial charge in [-0.15, -0.1) is 5.10 Å². The SMILES string of the molecule is [N-]=[N+]=Nc1ccccc1-c1c2nc(c(-c3ccccc3N=[N+]=[N-])c3ccc([nH]3)c(-c3ccccc3N=[N+]=[N-])c3nc(c(-c4ccc(Cn5cc(-c6ccccc6)nn5)cc4)c4ccc1[nH]4)C=C3)C=C2. The smallest absolute Gasteiger partial charge is 0.113 e. The molecule has 4 aromatic heterocycles. The van der Waals surface area contributed by atoms with Crippen LogP contribution in [0, 0.1) is 0 Å². The maximum Gasteiger partial charge on any atom is 0.113 e. The Balaban J connectivity index is 1.21. The third kappa shape index (κ3) is 7.90. The van der Waals surface area contributed by atoms with Crippen LogP contribution in [0.25, 0.3) is 133 Å². The minimum atomic E-state index is 0.406. The number of H-pyrrole nitrogens is 2. The van der Waals surface area contributed by atoms with E-state index in [4.69, 9.17) is 9.97 Å². The molecule has 2 N–H and O–H groups in total. The van der Waals surface area contributed by atoms with Crippen LogP contribution in [0.3, 0.4) is 0 Å². The Bertz CT molecular complexity index is 3840. The van der Waals surface area contributed by atoms with Crippen LogP contribution in [0.15, 0.2) is 173 Å². The Kier molecular flexibility index (Phi) is 10.8. The zero-order valence-electron chi connectivity index (χ0n) is 36.3. The maximum absolute atomic E-state index is 9.71. The number of nitrogens with one attached hydrogen (secondary N) is 2.